The fourth-order valence-corrected chi connectivity index (χ4v) is 2.97. The number of alkyl halides is 3. The molecule has 5 nitrogen and oxygen atoms in total. The summed E-state index contributed by atoms with van der Waals surface area (Å²) in [6.45, 7) is 13.0. The minimum absolute atomic E-state index is 0.135. The van der Waals surface area contributed by atoms with Gasteiger partial charge < -0.3 is 24.2 Å². The molecule has 1 N–H and O–H groups in total. The summed E-state index contributed by atoms with van der Waals surface area (Å²) in [7, 11) is 0. The number of ether oxygens (including phenoxy) is 1. The molecule has 0 heterocycles. The van der Waals surface area contributed by atoms with Crippen LogP contribution in [0.2, 0.25) is 0 Å². The number of carbonyl (C=O) groups is 1. The number of quaternary nitrogens is 1. The number of carboxylic acids is 1. The number of nitrogens with zero attached hydrogens (tertiary/aromatic N) is 1. The van der Waals surface area contributed by atoms with Gasteiger partial charge in [0.25, 0.3) is 0 Å². The normalized spacial score (nSPS) is 11.8. The Labute approximate surface area is 168 Å². The van der Waals surface area contributed by atoms with E-state index in [2.05, 4.69) is 20.8 Å². The summed E-state index contributed by atoms with van der Waals surface area (Å²) in [4.78, 5) is 8.78. The van der Waals surface area contributed by atoms with E-state index in [4.69, 9.17) is 19.7 Å². The summed E-state index contributed by atoms with van der Waals surface area (Å²) in [5.41, 5.74) is 0. The van der Waals surface area contributed by atoms with Gasteiger partial charge >= 0.3 is 6.18 Å². The van der Waals surface area contributed by atoms with Crippen molar-refractivity contribution < 1.29 is 37.4 Å². The van der Waals surface area contributed by atoms with Crippen molar-refractivity contribution in [2.45, 2.75) is 78.3 Å². The van der Waals surface area contributed by atoms with Gasteiger partial charge in [-0.3, -0.25) is 0 Å². The van der Waals surface area contributed by atoms with Crippen LogP contribution < -0.4 is 5.11 Å². The predicted octanol–water partition coefficient (Wildman–Crippen LogP) is 3.29. The van der Waals surface area contributed by atoms with E-state index in [1.54, 1.807) is 0 Å². The molecule has 0 aliphatic heterocycles. The first-order chi connectivity index (χ1) is 13.2. The quantitative estimate of drug-likeness (QED) is 0.310. The lowest BCUT2D eigenvalue weighted by Gasteiger charge is -2.37. The van der Waals surface area contributed by atoms with Crippen molar-refractivity contribution in [1.82, 2.24) is 0 Å². The van der Waals surface area contributed by atoms with Crippen LogP contribution in [-0.4, -0.2) is 67.7 Å². The minimum atomic E-state index is -5.19. The maximum absolute atomic E-state index is 10.5. The van der Waals surface area contributed by atoms with Crippen molar-refractivity contribution in [3.63, 3.8) is 0 Å². The molecule has 0 radical (unpaired) electrons. The van der Waals surface area contributed by atoms with Crippen molar-refractivity contribution in [1.29, 1.82) is 0 Å². The Morgan fingerprint density at radius 2 is 1.36 bits per heavy atom. The summed E-state index contributed by atoms with van der Waals surface area (Å²) >= 11 is 0. The minimum Gasteiger partial charge on any atom is -0.542 e. The molecule has 0 aromatic heterocycles. The van der Waals surface area contributed by atoms with Gasteiger partial charge in [0.2, 0.25) is 0 Å². The molecule has 0 bridgehead atoms. The number of aliphatic carboxylic acids is 1. The number of carbonyl (C=O) groups excluding carboxylic acids is 1. The molecule has 0 saturated heterocycles. The second-order valence-corrected chi connectivity index (χ2v) is 7.02. The first-order valence-electron chi connectivity index (χ1n) is 10.5. The van der Waals surface area contributed by atoms with E-state index in [-0.39, 0.29) is 6.61 Å². The topological polar surface area (TPSA) is 69.6 Å². The van der Waals surface area contributed by atoms with Gasteiger partial charge in [-0.05, 0) is 26.7 Å². The number of hydrogen-bond donors (Lipinski definition) is 1. The standard InChI is InChI=1S/C18H40NO2.C2HF3O2/c1-4-7-8-9-10-11-12-13-14-19(5-2,6-3)15-17-21-18-16-20;3-2(4,5)1(6)7/h20H,4-18H2,1-3H3;(H,6,7)/q+1;/p-1. The smallest absolute Gasteiger partial charge is 0.430 e. The Balaban J connectivity index is 0. The lowest BCUT2D eigenvalue weighted by molar-refractivity contribution is -0.925. The number of likely N-dealkylation sites (N-methyl/N-ethyl adjacent to an activating group) is 1. The fourth-order valence-electron chi connectivity index (χ4n) is 2.97. The van der Waals surface area contributed by atoms with E-state index in [0.29, 0.717) is 6.61 Å². The average Bonchev–Trinajstić information content (AvgIpc) is 2.65. The Bertz CT molecular complexity index is 362. The van der Waals surface area contributed by atoms with Crippen molar-refractivity contribution >= 4 is 5.97 Å². The summed E-state index contributed by atoms with van der Waals surface area (Å²) in [6.07, 6.45) is 5.92. The maximum Gasteiger partial charge on any atom is 0.430 e. The molecule has 8 heteroatoms. The molecule has 0 aliphatic carbocycles. The number of halogens is 3. The molecular weight excluding hydrogens is 375 g/mol. The third-order valence-corrected chi connectivity index (χ3v) is 5.00. The van der Waals surface area contributed by atoms with E-state index >= 15 is 0 Å². The van der Waals surface area contributed by atoms with Crippen molar-refractivity contribution in [3.8, 4) is 0 Å². The zero-order valence-electron chi connectivity index (χ0n) is 17.9. The highest BCUT2D eigenvalue weighted by Gasteiger charge is 2.28. The lowest BCUT2D eigenvalue weighted by atomic mass is 10.1. The molecule has 0 aromatic carbocycles. The number of hydrogen-bond acceptors (Lipinski definition) is 4. The van der Waals surface area contributed by atoms with Crippen LogP contribution in [0.4, 0.5) is 13.2 Å². The summed E-state index contributed by atoms with van der Waals surface area (Å²) < 4.78 is 38.2. The van der Waals surface area contributed by atoms with Gasteiger partial charge in [-0.2, -0.15) is 13.2 Å². The van der Waals surface area contributed by atoms with Gasteiger partial charge in [0.15, 0.2) is 0 Å². The zero-order chi connectivity index (χ0) is 21.9. The monoisotopic (exact) mass is 415 g/mol. The largest absolute Gasteiger partial charge is 0.542 e. The molecule has 0 rings (SSSR count). The average molecular weight is 416 g/mol. The number of aliphatic hydroxyl groups excluding tert-OH is 1. The summed E-state index contributed by atoms with van der Waals surface area (Å²) in [5.74, 6) is -3.01. The summed E-state index contributed by atoms with van der Waals surface area (Å²) in [5, 5.41) is 17.5. The molecule has 0 atom stereocenters. The molecule has 0 aromatic rings. The van der Waals surface area contributed by atoms with Crippen LogP contribution in [0.15, 0.2) is 0 Å². The predicted molar refractivity (Wildman–Crippen MR) is 103 cm³/mol. The number of carboxylic acid groups (broad SMARTS) is 1. The number of aliphatic hydroxyl groups is 1. The molecule has 0 aliphatic rings. The first-order valence-corrected chi connectivity index (χ1v) is 10.5. The van der Waals surface area contributed by atoms with Crippen LogP contribution in [0, 0.1) is 0 Å². The molecular formula is C20H40F3NO4. The lowest BCUT2D eigenvalue weighted by Crippen LogP contribution is -2.50. The molecule has 0 amide bonds. The van der Waals surface area contributed by atoms with E-state index in [1.807, 2.05) is 0 Å². The van der Waals surface area contributed by atoms with E-state index in [0.717, 1.165) is 13.2 Å². The van der Waals surface area contributed by atoms with Crippen molar-refractivity contribution in [3.05, 3.63) is 0 Å². The van der Waals surface area contributed by atoms with Crippen LogP contribution >= 0.6 is 0 Å². The third kappa shape index (κ3) is 17.3. The summed E-state index contributed by atoms with van der Waals surface area (Å²) in [6, 6.07) is 0. The fraction of sp³-hybridized carbons (Fsp3) is 0.950. The van der Waals surface area contributed by atoms with Crippen molar-refractivity contribution in [2.24, 2.45) is 0 Å². The van der Waals surface area contributed by atoms with E-state index in [9.17, 15) is 13.2 Å². The third-order valence-electron chi connectivity index (χ3n) is 5.00. The maximum atomic E-state index is 10.5. The van der Waals surface area contributed by atoms with Gasteiger partial charge in [0.1, 0.15) is 12.5 Å². The highest BCUT2D eigenvalue weighted by molar-refractivity contribution is 5.70. The van der Waals surface area contributed by atoms with Gasteiger partial charge in [-0.15, -0.1) is 0 Å². The number of rotatable bonds is 16. The highest BCUT2D eigenvalue weighted by atomic mass is 19.4. The van der Waals surface area contributed by atoms with Crippen molar-refractivity contribution in [2.75, 3.05) is 46.0 Å². The Morgan fingerprint density at radius 3 is 1.75 bits per heavy atom. The highest BCUT2D eigenvalue weighted by Crippen LogP contribution is 2.13. The van der Waals surface area contributed by atoms with Gasteiger partial charge in [-0.25, -0.2) is 0 Å². The molecule has 170 valence electrons. The van der Waals surface area contributed by atoms with Crippen LogP contribution in [0.3, 0.4) is 0 Å². The first kappa shape index (κ1) is 29.3. The van der Waals surface area contributed by atoms with Gasteiger partial charge in [0, 0.05) is 0 Å². The van der Waals surface area contributed by atoms with Crippen LogP contribution in [0.25, 0.3) is 0 Å². The Kier molecular flexibility index (Phi) is 19.1. The van der Waals surface area contributed by atoms with E-state index < -0.39 is 12.1 Å². The van der Waals surface area contributed by atoms with Gasteiger partial charge in [0.05, 0.1) is 39.5 Å². The zero-order valence-corrected chi connectivity index (χ0v) is 17.9. The Morgan fingerprint density at radius 1 is 0.893 bits per heavy atom. The number of unbranched alkanes of at least 4 members (excludes halogenated alkanes) is 7. The second kappa shape index (κ2) is 18.2. The van der Waals surface area contributed by atoms with Crippen LogP contribution in [-0.2, 0) is 9.53 Å². The second-order valence-electron chi connectivity index (χ2n) is 7.02. The molecule has 28 heavy (non-hydrogen) atoms. The van der Waals surface area contributed by atoms with Crippen LogP contribution in [0.5, 0.6) is 0 Å². The SMILES string of the molecule is CCCCCCCCCC[N+](CC)(CC)CCOCCO.O=C([O-])C(F)(F)F. The molecule has 0 unspecified atom stereocenters. The molecule has 0 fully saturated rings. The van der Waals surface area contributed by atoms with Gasteiger partial charge in [-0.1, -0.05) is 45.4 Å². The molecule has 0 spiro atoms. The molecule has 0 saturated carbocycles. The van der Waals surface area contributed by atoms with Crippen LogP contribution in [0.1, 0.15) is 72.1 Å². The Hall–Kier alpha value is -0.860. The van der Waals surface area contributed by atoms with E-state index in [1.165, 1.54) is 75.5 Å².